The first-order valence-electron chi connectivity index (χ1n) is 26.8. The molecule has 0 bridgehead atoms. The van der Waals surface area contributed by atoms with Gasteiger partial charge in [-0.1, -0.05) is 79.7 Å². The molecule has 0 saturated carbocycles. The van der Waals surface area contributed by atoms with Crippen molar-refractivity contribution in [1.29, 1.82) is 0 Å². The van der Waals surface area contributed by atoms with Gasteiger partial charge in [0.1, 0.15) is 0 Å². The van der Waals surface area contributed by atoms with Crippen LogP contribution in [0.1, 0.15) is 101 Å². The second-order valence-corrected chi connectivity index (χ2v) is 31.7. The Bertz CT molecular complexity index is 3020. The third-order valence-corrected chi connectivity index (χ3v) is 25.6. The maximum absolute atomic E-state index is 2.28. The molecule has 0 fully saturated rings. The molecule has 6 heteroatoms. The molecule has 392 valence electrons. The Labute approximate surface area is 509 Å². The van der Waals surface area contributed by atoms with Gasteiger partial charge in [-0.15, -0.1) is 162 Å². The van der Waals surface area contributed by atoms with Crippen LogP contribution in [0.25, 0.3) is 43.1 Å². The number of rotatable bonds is 8. The fourth-order valence-electron chi connectivity index (χ4n) is 8.78. The topological polar surface area (TPSA) is 0 Å². The zero-order valence-electron chi connectivity index (χ0n) is 46.5. The molecule has 0 aliphatic carbocycles. The molecule has 0 nitrogen and oxygen atoms in total. The molecule has 0 atom stereocenters. The Morgan fingerprint density at radius 1 is 0.256 bits per heavy atom. The van der Waals surface area contributed by atoms with Crippen molar-refractivity contribution < 1.29 is 71.5 Å². The molecule has 12 rings (SSSR count). The minimum absolute atomic E-state index is 0. The van der Waals surface area contributed by atoms with E-state index in [1.165, 1.54) is 86.1 Å². The van der Waals surface area contributed by atoms with E-state index in [0.717, 1.165) is 0 Å². The summed E-state index contributed by atoms with van der Waals surface area (Å²) in [6.07, 6.45) is 0. The monoisotopic (exact) mass is 1240 g/mol. The van der Waals surface area contributed by atoms with Gasteiger partial charge in [0.05, 0.1) is 0 Å². The summed E-state index contributed by atoms with van der Waals surface area (Å²) in [5, 5.41) is 17.0. The van der Waals surface area contributed by atoms with Gasteiger partial charge in [0.15, 0.2) is 0 Å². The quantitative estimate of drug-likeness (QED) is 0.105. The molecule has 12 aromatic rings. The van der Waals surface area contributed by atoms with Crippen LogP contribution in [0.5, 0.6) is 0 Å². The van der Waals surface area contributed by atoms with Crippen molar-refractivity contribution in [3.05, 3.63) is 289 Å². The van der Waals surface area contributed by atoms with Crippen molar-refractivity contribution in [3.8, 4) is 0 Å². The number of hydrogen-bond acceptors (Lipinski definition) is 0. The summed E-state index contributed by atoms with van der Waals surface area (Å²) in [6.45, 7) is 17.8. The van der Waals surface area contributed by atoms with Gasteiger partial charge in [0.2, 0.25) is 0 Å². The molecular formula is C72H72Cl2Si2Zr2-2. The first-order chi connectivity index (χ1) is 36.8. The number of hydrogen-bond donors (Lipinski definition) is 0. The van der Waals surface area contributed by atoms with Gasteiger partial charge in [0, 0.05) is 0 Å². The molecule has 0 heterocycles. The Hall–Kier alpha value is -5.02. The molecule has 0 spiro atoms. The standard InChI is InChI=1S/2C12H10Si.4C12H13.2ClH.2Zr/c2*1-3-7-11(8-4-1)13-12-9-5-2-6-10-12;4*1-9(2)12-7-10-5-3-4-6-11(10)8-12;;;;/h2*1-10H;4*3-9H,1-2H3;2*1H;;/q;;4*-1;;;2*+2/p-2. The average Bonchev–Trinajstić information content (AvgIpc) is 4.33. The first kappa shape index (κ1) is 63.8. The molecule has 12 aromatic carbocycles. The van der Waals surface area contributed by atoms with Crippen LogP contribution in [0.3, 0.4) is 0 Å². The van der Waals surface area contributed by atoms with Crippen molar-refractivity contribution in [2.75, 3.05) is 0 Å². The summed E-state index contributed by atoms with van der Waals surface area (Å²) in [4.78, 5) is 0. The molecule has 0 aromatic heterocycles. The van der Waals surface area contributed by atoms with E-state index < -0.39 is 10.9 Å². The fraction of sp³-hybridized carbons (Fsp3) is 0.167. The number of fused-ring (bicyclic) bond motifs is 4. The van der Waals surface area contributed by atoms with E-state index >= 15 is 0 Å². The molecular weight excluding hydrogens is 1170 g/mol. The Morgan fingerprint density at radius 3 is 0.590 bits per heavy atom. The van der Waals surface area contributed by atoms with Crippen LogP contribution in [0.4, 0.5) is 0 Å². The maximum atomic E-state index is 2.28. The van der Waals surface area contributed by atoms with E-state index in [1.807, 2.05) is 0 Å². The molecule has 0 aliphatic rings. The van der Waals surface area contributed by atoms with Crippen LogP contribution in [0.15, 0.2) is 267 Å². The molecule has 0 saturated heterocycles. The van der Waals surface area contributed by atoms with E-state index in [1.54, 1.807) is 46.7 Å². The van der Waals surface area contributed by atoms with Gasteiger partial charge in [-0.05, 0) is 23.7 Å². The van der Waals surface area contributed by atoms with Crippen LogP contribution >= 0.6 is 0 Å². The third-order valence-electron chi connectivity index (χ3n) is 13.5. The normalized spacial score (nSPS) is 10.5. The zero-order valence-corrected chi connectivity index (χ0v) is 54.9. The number of halogens is 2. The predicted molar refractivity (Wildman–Crippen MR) is 330 cm³/mol. The molecule has 0 amide bonds. The van der Waals surface area contributed by atoms with Gasteiger partial charge in [-0.25, -0.2) is 0 Å². The van der Waals surface area contributed by atoms with Crippen molar-refractivity contribution in [1.82, 2.24) is 0 Å². The molecule has 0 N–H and O–H groups in total. The third kappa shape index (κ3) is 19.1. The molecule has 78 heavy (non-hydrogen) atoms. The summed E-state index contributed by atoms with van der Waals surface area (Å²) >= 11 is 3.29. The fourth-order valence-corrected chi connectivity index (χ4v) is 16.5. The van der Waals surface area contributed by atoms with Gasteiger partial charge in [0.25, 0.3) is 0 Å². The average molecular weight is 1250 g/mol. The van der Waals surface area contributed by atoms with E-state index in [2.05, 4.69) is 322 Å². The Morgan fingerprint density at radius 2 is 0.423 bits per heavy atom. The van der Waals surface area contributed by atoms with Crippen LogP contribution < -0.4 is 45.6 Å². The van der Waals surface area contributed by atoms with Gasteiger partial charge in [-0.2, -0.15) is 24.3 Å². The van der Waals surface area contributed by atoms with E-state index in [9.17, 15) is 0 Å². The van der Waals surface area contributed by atoms with E-state index in [-0.39, 0.29) is 24.8 Å². The summed E-state index contributed by atoms with van der Waals surface area (Å²) in [7, 11) is 0. The van der Waals surface area contributed by atoms with Crippen molar-refractivity contribution in [3.63, 3.8) is 0 Å². The molecule has 0 unspecified atom stereocenters. The molecule has 0 radical (unpaired) electrons. The number of benzene rings is 8. The Kier molecular flexibility index (Phi) is 26.9. The van der Waals surface area contributed by atoms with Gasteiger partial charge >= 0.3 is 200 Å². The first-order valence-corrected chi connectivity index (χ1v) is 37.2. The summed E-state index contributed by atoms with van der Waals surface area (Å²) < 4.78 is 0. The van der Waals surface area contributed by atoms with Crippen molar-refractivity contribution >= 4 is 74.7 Å². The van der Waals surface area contributed by atoms with Crippen molar-refractivity contribution in [2.24, 2.45) is 0 Å². The second kappa shape index (κ2) is 32.9. The summed E-state index contributed by atoms with van der Waals surface area (Å²) in [5.74, 6) is 2.55. The SMILES string of the molecule is CC(C)c1cc2ccccc2[cH-]1.CC(C)c1cc2ccccc2[cH-]1.CC(C)c1cc2ccccc2[cH-]1.CC(C)c1cc2ccccc2[cH-]1.[Cl-].[Cl-].[Zr+2]=[Si](c1ccccc1)c1ccccc1.[Zr+2]=[Si](c1ccccc1)c1ccccc1. The Balaban J connectivity index is 0.000000172. The summed E-state index contributed by atoms with van der Waals surface area (Å²) in [6, 6.07) is 95.6. The minimum atomic E-state index is -0.455. The van der Waals surface area contributed by atoms with Gasteiger partial charge in [-0.3, -0.25) is 0 Å². The van der Waals surface area contributed by atoms with Crippen LogP contribution in [0, 0.1) is 0 Å². The second-order valence-electron chi connectivity index (χ2n) is 20.5. The summed E-state index contributed by atoms with van der Waals surface area (Å²) in [5.41, 5.74) is 4.85. The predicted octanol–water partition coefficient (Wildman–Crippen LogP) is 11.4. The van der Waals surface area contributed by atoms with E-state index in [0.29, 0.717) is 23.7 Å². The zero-order chi connectivity index (χ0) is 53.8. The van der Waals surface area contributed by atoms with Crippen LogP contribution in [-0.4, -0.2) is 10.9 Å². The molecule has 0 aliphatic heterocycles. The van der Waals surface area contributed by atoms with E-state index in [4.69, 9.17) is 0 Å². The van der Waals surface area contributed by atoms with Gasteiger partial charge < -0.3 is 24.8 Å². The van der Waals surface area contributed by atoms with Crippen LogP contribution in [-0.2, 0) is 46.7 Å². The van der Waals surface area contributed by atoms with Crippen LogP contribution in [0.2, 0.25) is 0 Å². The van der Waals surface area contributed by atoms with Crippen molar-refractivity contribution in [2.45, 2.75) is 79.1 Å².